The topological polar surface area (TPSA) is 38.7 Å². The molecule has 11 aromatic rings. The normalized spacial score (nSPS) is 11.5. The van der Waals surface area contributed by atoms with Gasteiger partial charge in [0.15, 0.2) is 17.5 Å². The summed E-state index contributed by atoms with van der Waals surface area (Å²) in [5, 5.41) is 7.30. The van der Waals surface area contributed by atoms with Crippen LogP contribution in [0.2, 0.25) is 0 Å². The second kappa shape index (κ2) is 13.8. The minimum Gasteiger partial charge on any atom is -0.208 e. The Morgan fingerprint density at radius 3 is 1.60 bits per heavy atom. The number of hydrogen-bond acceptors (Lipinski definition) is 4. The van der Waals surface area contributed by atoms with Crippen molar-refractivity contribution in [3.05, 3.63) is 200 Å². The molecule has 0 unspecified atom stereocenters. The van der Waals surface area contributed by atoms with Crippen LogP contribution in [0.5, 0.6) is 0 Å². The Labute approximate surface area is 334 Å². The molecule has 0 fully saturated rings. The van der Waals surface area contributed by atoms with E-state index in [9.17, 15) is 0 Å². The van der Waals surface area contributed by atoms with Crippen LogP contribution in [0.1, 0.15) is 0 Å². The van der Waals surface area contributed by atoms with Gasteiger partial charge in [0.1, 0.15) is 0 Å². The van der Waals surface area contributed by atoms with Crippen molar-refractivity contribution in [3.8, 4) is 67.5 Å². The minimum absolute atomic E-state index is 0.643. The Morgan fingerprint density at radius 1 is 0.281 bits per heavy atom. The molecule has 0 aliphatic heterocycles. The second-order valence-corrected chi connectivity index (χ2v) is 15.4. The van der Waals surface area contributed by atoms with Gasteiger partial charge in [0.25, 0.3) is 0 Å². The summed E-state index contributed by atoms with van der Waals surface area (Å²) in [6.45, 7) is 0. The second-order valence-electron chi connectivity index (χ2n) is 14.4. The Bertz CT molecular complexity index is 3280. The van der Waals surface area contributed by atoms with E-state index in [0.29, 0.717) is 17.5 Å². The van der Waals surface area contributed by atoms with E-state index >= 15 is 0 Å². The van der Waals surface area contributed by atoms with Crippen molar-refractivity contribution in [2.75, 3.05) is 0 Å². The average Bonchev–Trinajstić information content (AvgIpc) is 3.69. The van der Waals surface area contributed by atoms with Crippen molar-refractivity contribution in [3.63, 3.8) is 0 Å². The SMILES string of the molecule is c1ccc(-c2cccc(-c3cccc4c3sc3c(-c5nc(-c6ccccc6)nc(-c6ccc(-c7ccc8ccccc8c7)cc6)n5)cc5ccccc5c34)c2)cc1. The number of thiophene rings is 1. The largest absolute Gasteiger partial charge is 0.208 e. The van der Waals surface area contributed by atoms with Gasteiger partial charge in [-0.15, -0.1) is 11.3 Å². The molecule has 57 heavy (non-hydrogen) atoms. The van der Waals surface area contributed by atoms with Gasteiger partial charge < -0.3 is 0 Å². The van der Waals surface area contributed by atoms with Gasteiger partial charge in [-0.2, -0.15) is 0 Å². The predicted molar refractivity (Wildman–Crippen MR) is 240 cm³/mol. The molecule has 0 aliphatic carbocycles. The van der Waals surface area contributed by atoms with Gasteiger partial charge in [0.2, 0.25) is 0 Å². The molecular weight excluding hydrogens is 711 g/mol. The van der Waals surface area contributed by atoms with Crippen LogP contribution in [-0.4, -0.2) is 15.0 Å². The summed E-state index contributed by atoms with van der Waals surface area (Å²) in [5.41, 5.74) is 10.0. The predicted octanol–water partition coefficient (Wildman–Crippen LogP) is 14.5. The molecule has 0 aliphatic rings. The highest BCUT2D eigenvalue weighted by molar-refractivity contribution is 7.27. The number of benzene rings is 9. The van der Waals surface area contributed by atoms with Crippen molar-refractivity contribution in [2.45, 2.75) is 0 Å². The number of hydrogen-bond donors (Lipinski definition) is 0. The highest BCUT2D eigenvalue weighted by Gasteiger charge is 2.20. The van der Waals surface area contributed by atoms with E-state index in [1.54, 1.807) is 0 Å². The van der Waals surface area contributed by atoms with Crippen molar-refractivity contribution in [1.29, 1.82) is 0 Å². The van der Waals surface area contributed by atoms with Crippen LogP contribution in [-0.2, 0) is 0 Å². The molecule has 0 N–H and O–H groups in total. The maximum Gasteiger partial charge on any atom is 0.165 e. The number of rotatable bonds is 6. The summed E-state index contributed by atoms with van der Waals surface area (Å²) in [7, 11) is 0. The lowest BCUT2D eigenvalue weighted by Crippen LogP contribution is -2.00. The first-order valence-corrected chi connectivity index (χ1v) is 20.0. The van der Waals surface area contributed by atoms with Gasteiger partial charge in [-0.05, 0) is 73.1 Å². The van der Waals surface area contributed by atoms with Gasteiger partial charge in [-0.3, -0.25) is 0 Å². The molecule has 0 radical (unpaired) electrons. The Kier molecular flexibility index (Phi) is 8.01. The third-order valence-corrected chi connectivity index (χ3v) is 12.2. The molecule has 0 spiro atoms. The highest BCUT2D eigenvalue weighted by atomic mass is 32.1. The lowest BCUT2D eigenvalue weighted by atomic mass is 9.96. The van der Waals surface area contributed by atoms with E-state index in [2.05, 4.69) is 182 Å². The van der Waals surface area contributed by atoms with E-state index < -0.39 is 0 Å². The molecule has 266 valence electrons. The van der Waals surface area contributed by atoms with E-state index in [4.69, 9.17) is 15.0 Å². The van der Waals surface area contributed by atoms with E-state index in [0.717, 1.165) is 32.3 Å². The molecule has 3 nitrogen and oxygen atoms in total. The Balaban J connectivity index is 1.10. The molecule has 2 aromatic heterocycles. The quantitative estimate of drug-likeness (QED) is 0.170. The molecule has 4 heteroatoms. The van der Waals surface area contributed by atoms with Crippen molar-refractivity contribution in [2.24, 2.45) is 0 Å². The summed E-state index contributed by atoms with van der Waals surface area (Å²) < 4.78 is 2.41. The highest BCUT2D eigenvalue weighted by Crippen LogP contribution is 2.47. The third kappa shape index (κ3) is 5.95. The monoisotopic (exact) mass is 743 g/mol. The molecule has 0 amide bonds. The average molecular weight is 744 g/mol. The number of nitrogens with zero attached hydrogens (tertiary/aromatic N) is 3. The maximum absolute atomic E-state index is 5.28. The van der Waals surface area contributed by atoms with Crippen molar-refractivity contribution >= 4 is 53.1 Å². The zero-order chi connectivity index (χ0) is 37.7. The summed E-state index contributed by atoms with van der Waals surface area (Å²) in [6, 6.07) is 71.0. The van der Waals surface area contributed by atoms with Gasteiger partial charge >= 0.3 is 0 Å². The van der Waals surface area contributed by atoms with Gasteiger partial charge in [0, 0.05) is 36.9 Å². The molecule has 0 saturated carbocycles. The molecule has 0 saturated heterocycles. The van der Waals surface area contributed by atoms with E-state index in [1.165, 1.54) is 59.4 Å². The van der Waals surface area contributed by atoms with Crippen molar-refractivity contribution in [1.82, 2.24) is 15.0 Å². The fourth-order valence-corrected chi connectivity index (χ4v) is 9.42. The Morgan fingerprint density at radius 2 is 0.807 bits per heavy atom. The van der Waals surface area contributed by atoms with Gasteiger partial charge in [-0.25, -0.2) is 15.0 Å². The van der Waals surface area contributed by atoms with E-state index in [-0.39, 0.29) is 0 Å². The van der Waals surface area contributed by atoms with Crippen molar-refractivity contribution < 1.29 is 0 Å². The third-order valence-electron chi connectivity index (χ3n) is 10.9. The molecule has 2 heterocycles. The van der Waals surface area contributed by atoms with Crippen LogP contribution in [0.3, 0.4) is 0 Å². The van der Waals surface area contributed by atoms with Crippen LogP contribution in [0.4, 0.5) is 0 Å². The first kappa shape index (κ1) is 33.1. The molecular formula is C53H33N3S. The molecule has 11 rings (SSSR count). The van der Waals surface area contributed by atoms with Crippen LogP contribution >= 0.6 is 11.3 Å². The van der Waals surface area contributed by atoms with Crippen LogP contribution in [0.25, 0.3) is 109 Å². The lowest BCUT2D eigenvalue weighted by Gasteiger charge is -2.11. The van der Waals surface area contributed by atoms with Gasteiger partial charge in [0.05, 0.1) is 0 Å². The molecule has 9 aromatic carbocycles. The molecule has 0 atom stereocenters. The smallest absolute Gasteiger partial charge is 0.165 e. The first-order chi connectivity index (χ1) is 28.2. The summed E-state index contributed by atoms with van der Waals surface area (Å²) in [4.78, 5) is 15.6. The summed E-state index contributed by atoms with van der Waals surface area (Å²) in [5.74, 6) is 1.95. The standard InChI is InChI=1S/C53H33N3S/c1-3-13-34(14-4-1)40-20-11-21-42(32-40)45-23-12-24-46-48-44-22-10-9-19-43(44)33-47(50(48)57-49(45)46)53-55-51(37-16-5-2-6-17-37)54-52(56-53)38-28-25-36(26-29-38)41-30-27-35-15-7-8-18-39(35)31-41/h1-33H. The maximum atomic E-state index is 5.28. The lowest BCUT2D eigenvalue weighted by molar-refractivity contribution is 1.08. The zero-order valence-corrected chi connectivity index (χ0v) is 31.6. The number of aromatic nitrogens is 3. The van der Waals surface area contributed by atoms with Crippen LogP contribution in [0.15, 0.2) is 200 Å². The Hall–Kier alpha value is -7.27. The number of fused-ring (bicyclic) bond motifs is 6. The fraction of sp³-hybridized carbons (Fsp3) is 0. The summed E-state index contributed by atoms with van der Waals surface area (Å²) >= 11 is 1.82. The molecule has 0 bridgehead atoms. The van der Waals surface area contributed by atoms with Gasteiger partial charge in [-0.1, -0.05) is 182 Å². The zero-order valence-electron chi connectivity index (χ0n) is 30.8. The van der Waals surface area contributed by atoms with Crippen LogP contribution in [0, 0.1) is 0 Å². The van der Waals surface area contributed by atoms with E-state index in [1.807, 2.05) is 29.5 Å². The van der Waals surface area contributed by atoms with Crippen LogP contribution < -0.4 is 0 Å². The minimum atomic E-state index is 0.643. The first-order valence-electron chi connectivity index (χ1n) is 19.2. The summed E-state index contributed by atoms with van der Waals surface area (Å²) in [6.07, 6.45) is 0. The fourth-order valence-electron chi connectivity index (χ4n) is 8.06.